The zero-order chi connectivity index (χ0) is 16.7. The topological polar surface area (TPSA) is 44.8 Å². The van der Waals surface area contributed by atoms with E-state index in [4.69, 9.17) is 14.0 Å². The predicted octanol–water partition coefficient (Wildman–Crippen LogP) is 2.57. The third kappa shape index (κ3) is 2.92. The Bertz CT molecular complexity index is 564. The van der Waals surface area contributed by atoms with Gasteiger partial charge in [0.2, 0.25) is 0 Å². The normalized spacial score (nSPS) is 20.8. The van der Waals surface area contributed by atoms with Crippen LogP contribution in [0.2, 0.25) is 0 Å². The van der Waals surface area contributed by atoms with E-state index in [0.29, 0.717) is 0 Å². The van der Waals surface area contributed by atoms with Crippen molar-refractivity contribution in [1.82, 2.24) is 0 Å². The number of esters is 1. The van der Waals surface area contributed by atoms with Crippen LogP contribution in [0.25, 0.3) is 0 Å². The molecule has 120 valence electrons. The van der Waals surface area contributed by atoms with Crippen molar-refractivity contribution < 1.29 is 18.8 Å². The van der Waals surface area contributed by atoms with Crippen LogP contribution in [-0.4, -0.2) is 31.4 Å². The molecule has 1 atom stereocenters. The quantitative estimate of drug-likeness (QED) is 0.636. The molecule has 0 N–H and O–H groups in total. The molecule has 1 aromatic carbocycles. The van der Waals surface area contributed by atoms with Crippen molar-refractivity contribution >= 4 is 18.6 Å². The van der Waals surface area contributed by atoms with Crippen molar-refractivity contribution in [2.75, 3.05) is 7.11 Å². The van der Waals surface area contributed by atoms with Gasteiger partial charge in [-0.15, -0.1) is 0 Å². The lowest BCUT2D eigenvalue weighted by Gasteiger charge is -2.32. The summed E-state index contributed by atoms with van der Waals surface area (Å²) in [5.41, 5.74) is 2.25. The molecule has 1 aromatic rings. The first-order valence-corrected chi connectivity index (χ1v) is 7.63. The molecule has 1 fully saturated rings. The number of aryl methyl sites for hydroxylation is 1. The molecule has 1 saturated heterocycles. The van der Waals surface area contributed by atoms with E-state index >= 15 is 0 Å². The van der Waals surface area contributed by atoms with E-state index in [2.05, 4.69) is 0 Å². The number of carbonyl (C=O) groups is 1. The number of carbonyl (C=O) groups excluding carboxylic acids is 1. The lowest BCUT2D eigenvalue weighted by atomic mass is 9.77. The van der Waals surface area contributed by atoms with E-state index in [-0.39, 0.29) is 30.2 Å². The summed E-state index contributed by atoms with van der Waals surface area (Å²) in [4.78, 5) is 11.7. The minimum atomic E-state index is -0.383. The summed E-state index contributed by atoms with van der Waals surface area (Å²) in [6.07, 6.45) is 0. The molecule has 0 radical (unpaired) electrons. The number of methoxy groups -OCH3 is 1. The summed E-state index contributed by atoms with van der Waals surface area (Å²) in [6, 6.07) is 5.94. The fraction of sp³-hybridized carbons (Fsp3) is 0.588. The molecule has 5 heteroatoms. The van der Waals surface area contributed by atoms with Gasteiger partial charge in [-0.05, 0) is 58.1 Å². The predicted molar refractivity (Wildman–Crippen MR) is 87.3 cm³/mol. The van der Waals surface area contributed by atoms with Gasteiger partial charge in [0.05, 0.1) is 24.2 Å². The van der Waals surface area contributed by atoms with Gasteiger partial charge in [0.25, 0.3) is 0 Å². The lowest BCUT2D eigenvalue weighted by molar-refractivity contribution is -0.142. The van der Waals surface area contributed by atoms with Crippen LogP contribution in [0.4, 0.5) is 0 Å². The molecule has 0 spiro atoms. The summed E-state index contributed by atoms with van der Waals surface area (Å²) in [7, 11) is 1.03. The molecule has 0 aromatic heterocycles. The van der Waals surface area contributed by atoms with Crippen molar-refractivity contribution in [2.45, 2.75) is 58.7 Å². The Morgan fingerprint density at radius 3 is 2.18 bits per heavy atom. The van der Waals surface area contributed by atoms with E-state index < -0.39 is 0 Å². The van der Waals surface area contributed by atoms with Gasteiger partial charge in [0.15, 0.2) is 0 Å². The Balaban J connectivity index is 2.26. The van der Waals surface area contributed by atoms with Crippen LogP contribution in [0.1, 0.15) is 51.7 Å². The average Bonchev–Trinajstić information content (AvgIpc) is 2.65. The molecule has 0 amide bonds. The third-order valence-electron chi connectivity index (χ3n) is 4.84. The smallest absolute Gasteiger partial charge is 0.469 e. The molecule has 1 aliphatic heterocycles. The summed E-state index contributed by atoms with van der Waals surface area (Å²) in [6.45, 7) is 12.0. The molecule has 2 rings (SSSR count). The Morgan fingerprint density at radius 2 is 1.73 bits per heavy atom. The van der Waals surface area contributed by atoms with E-state index in [9.17, 15) is 4.79 Å². The Hall–Kier alpha value is -1.33. The Labute approximate surface area is 133 Å². The van der Waals surface area contributed by atoms with Gasteiger partial charge in [-0.3, -0.25) is 4.79 Å². The highest BCUT2D eigenvalue weighted by Gasteiger charge is 2.51. The van der Waals surface area contributed by atoms with Crippen molar-refractivity contribution in [1.29, 1.82) is 0 Å². The van der Waals surface area contributed by atoms with Crippen LogP contribution in [0.15, 0.2) is 18.2 Å². The summed E-state index contributed by atoms with van der Waals surface area (Å²) in [5, 5.41) is 0. The molecule has 0 saturated carbocycles. The van der Waals surface area contributed by atoms with Crippen molar-refractivity contribution in [2.24, 2.45) is 0 Å². The zero-order valence-electron chi connectivity index (χ0n) is 14.5. The highest BCUT2D eigenvalue weighted by Crippen LogP contribution is 2.36. The minimum absolute atomic E-state index is 0.230. The fourth-order valence-corrected chi connectivity index (χ4v) is 2.61. The Kier molecular flexibility index (Phi) is 4.42. The molecule has 4 nitrogen and oxygen atoms in total. The lowest BCUT2D eigenvalue weighted by Crippen LogP contribution is -2.41. The molecular weight excluding hydrogens is 279 g/mol. The Morgan fingerprint density at radius 1 is 1.18 bits per heavy atom. The monoisotopic (exact) mass is 304 g/mol. The largest absolute Gasteiger partial charge is 0.494 e. The van der Waals surface area contributed by atoms with Crippen LogP contribution in [0.3, 0.4) is 0 Å². The minimum Gasteiger partial charge on any atom is -0.469 e. The van der Waals surface area contributed by atoms with Gasteiger partial charge >= 0.3 is 13.1 Å². The summed E-state index contributed by atoms with van der Waals surface area (Å²) < 4.78 is 16.9. The maximum Gasteiger partial charge on any atom is 0.494 e. The maximum absolute atomic E-state index is 11.7. The molecular formula is C17H25BO4. The number of benzene rings is 1. The second kappa shape index (κ2) is 5.71. The number of hydrogen-bond donors (Lipinski definition) is 0. The van der Waals surface area contributed by atoms with Crippen LogP contribution >= 0.6 is 0 Å². The van der Waals surface area contributed by atoms with Crippen molar-refractivity contribution in [3.63, 3.8) is 0 Å². The first kappa shape index (κ1) is 17.0. The average molecular weight is 304 g/mol. The number of ether oxygens (including phenoxy) is 1. The second-order valence-electron chi connectivity index (χ2n) is 6.95. The molecule has 22 heavy (non-hydrogen) atoms. The van der Waals surface area contributed by atoms with Gasteiger partial charge in [-0.25, -0.2) is 0 Å². The summed E-state index contributed by atoms with van der Waals surface area (Å²) in [5.74, 6) is -0.510. The highest BCUT2D eigenvalue weighted by molar-refractivity contribution is 6.62. The van der Waals surface area contributed by atoms with Crippen molar-refractivity contribution in [3.05, 3.63) is 29.3 Å². The van der Waals surface area contributed by atoms with Gasteiger partial charge in [-0.2, -0.15) is 0 Å². The van der Waals surface area contributed by atoms with Gasteiger partial charge in [0.1, 0.15) is 0 Å². The SMILES string of the molecule is COC(=O)C(C)c1ccc(B2OC(C)(C)C(C)(C)O2)cc1C. The molecule has 1 aliphatic rings. The highest BCUT2D eigenvalue weighted by atomic mass is 16.7. The van der Waals surface area contributed by atoms with E-state index in [1.807, 2.05) is 59.7 Å². The fourth-order valence-electron chi connectivity index (χ4n) is 2.61. The first-order valence-electron chi connectivity index (χ1n) is 7.63. The van der Waals surface area contributed by atoms with Crippen LogP contribution < -0.4 is 5.46 Å². The van der Waals surface area contributed by atoms with Crippen molar-refractivity contribution in [3.8, 4) is 0 Å². The maximum atomic E-state index is 11.7. The van der Waals surface area contributed by atoms with E-state index in [0.717, 1.165) is 16.6 Å². The molecule has 1 unspecified atom stereocenters. The third-order valence-corrected chi connectivity index (χ3v) is 4.84. The second-order valence-corrected chi connectivity index (χ2v) is 6.95. The van der Waals surface area contributed by atoms with Crippen LogP contribution in [-0.2, 0) is 18.8 Å². The zero-order valence-corrected chi connectivity index (χ0v) is 14.5. The van der Waals surface area contributed by atoms with Gasteiger partial charge < -0.3 is 14.0 Å². The van der Waals surface area contributed by atoms with Gasteiger partial charge in [0, 0.05) is 0 Å². The van der Waals surface area contributed by atoms with Gasteiger partial charge in [-0.1, -0.05) is 18.2 Å². The first-order chi connectivity index (χ1) is 10.1. The molecule has 0 bridgehead atoms. The summed E-state index contributed by atoms with van der Waals surface area (Å²) >= 11 is 0. The van der Waals surface area contributed by atoms with E-state index in [1.165, 1.54) is 7.11 Å². The van der Waals surface area contributed by atoms with E-state index in [1.54, 1.807) is 0 Å². The van der Waals surface area contributed by atoms with Crippen LogP contribution in [0, 0.1) is 6.92 Å². The van der Waals surface area contributed by atoms with Crippen LogP contribution in [0.5, 0.6) is 0 Å². The standard InChI is InChI=1S/C17H25BO4/c1-11-10-13(8-9-14(11)12(2)15(19)20-7)18-21-16(3,4)17(5,6)22-18/h8-10,12H,1-7H3. The number of hydrogen-bond acceptors (Lipinski definition) is 4. The number of rotatable bonds is 3. The molecule has 1 heterocycles. The molecule has 0 aliphatic carbocycles.